The van der Waals surface area contributed by atoms with E-state index in [1.165, 1.54) is 28.6 Å². The molecule has 1 aliphatic rings. The summed E-state index contributed by atoms with van der Waals surface area (Å²) in [6.45, 7) is 5.77. The first-order valence-electron chi connectivity index (χ1n) is 8.86. The normalized spacial score (nSPS) is 17.9. The van der Waals surface area contributed by atoms with Gasteiger partial charge < -0.3 is 5.32 Å². The summed E-state index contributed by atoms with van der Waals surface area (Å²) in [5.41, 5.74) is 2.79. The average Bonchev–Trinajstić information content (AvgIpc) is 3.06. The van der Waals surface area contributed by atoms with Crippen molar-refractivity contribution in [2.45, 2.75) is 44.6 Å². The molecule has 7 heteroatoms. The van der Waals surface area contributed by atoms with Crippen LogP contribution in [0.1, 0.15) is 29.5 Å². The largest absolute Gasteiger partial charge is 0.325 e. The Morgan fingerprint density at radius 2 is 1.70 bits per heavy atom. The summed E-state index contributed by atoms with van der Waals surface area (Å²) in [6.07, 6.45) is 1.07. The van der Waals surface area contributed by atoms with E-state index in [9.17, 15) is 17.6 Å². The average molecular weight is 390 g/mol. The van der Waals surface area contributed by atoms with Crippen LogP contribution in [0.4, 0.5) is 10.1 Å². The van der Waals surface area contributed by atoms with Gasteiger partial charge in [0.15, 0.2) is 0 Å². The fourth-order valence-electron chi connectivity index (χ4n) is 3.74. The molecule has 0 aliphatic carbocycles. The summed E-state index contributed by atoms with van der Waals surface area (Å²) in [7, 11) is -3.80. The fourth-order valence-corrected chi connectivity index (χ4v) is 5.81. The van der Waals surface area contributed by atoms with Crippen LogP contribution in [0.15, 0.2) is 41.3 Å². The number of nitrogens with one attached hydrogen (secondary N) is 1. The van der Waals surface area contributed by atoms with E-state index in [2.05, 4.69) is 5.32 Å². The maximum absolute atomic E-state index is 13.3. The number of carbonyl (C=O) groups is 1. The first kappa shape index (κ1) is 19.5. The van der Waals surface area contributed by atoms with E-state index in [1.54, 1.807) is 13.8 Å². The highest BCUT2D eigenvalue weighted by Crippen LogP contribution is 2.31. The Bertz CT molecular complexity index is 948. The summed E-state index contributed by atoms with van der Waals surface area (Å²) in [5.74, 6) is -0.798. The van der Waals surface area contributed by atoms with Crippen molar-refractivity contribution in [3.05, 3.63) is 58.9 Å². The molecular weight excluding hydrogens is 367 g/mol. The molecule has 27 heavy (non-hydrogen) atoms. The maximum Gasteiger partial charge on any atom is 0.244 e. The molecule has 0 spiro atoms. The van der Waals surface area contributed by atoms with Gasteiger partial charge in [0.05, 0.1) is 4.90 Å². The number of carbonyl (C=O) groups excluding carboxylic acids is 1. The second-order valence-electron chi connectivity index (χ2n) is 7.00. The summed E-state index contributed by atoms with van der Waals surface area (Å²) in [5, 5.41) is 2.69. The first-order valence-corrected chi connectivity index (χ1v) is 10.3. The van der Waals surface area contributed by atoms with E-state index < -0.39 is 27.8 Å². The lowest BCUT2D eigenvalue weighted by atomic mass is 10.1. The lowest BCUT2D eigenvalue weighted by molar-refractivity contribution is -0.119. The van der Waals surface area contributed by atoms with Crippen LogP contribution in [0.5, 0.6) is 0 Å². The Balaban J connectivity index is 1.89. The molecular formula is C20H23FN2O3S. The summed E-state index contributed by atoms with van der Waals surface area (Å²) in [6, 6.07) is 8.30. The molecule has 0 bridgehead atoms. The van der Waals surface area contributed by atoms with Crippen molar-refractivity contribution in [3.8, 4) is 0 Å². The number of anilines is 1. The fraction of sp³-hybridized carbons (Fsp3) is 0.350. The predicted molar refractivity (Wildman–Crippen MR) is 103 cm³/mol. The van der Waals surface area contributed by atoms with Crippen LogP contribution in [0.2, 0.25) is 0 Å². The quantitative estimate of drug-likeness (QED) is 0.868. The van der Waals surface area contributed by atoms with Crippen LogP contribution < -0.4 is 5.32 Å². The molecule has 5 nitrogen and oxygen atoms in total. The topological polar surface area (TPSA) is 66.5 Å². The van der Waals surface area contributed by atoms with Crippen molar-refractivity contribution in [1.82, 2.24) is 4.31 Å². The Labute approximate surface area is 159 Å². The predicted octanol–water partition coefficient (Wildman–Crippen LogP) is 3.54. The molecule has 0 unspecified atom stereocenters. The van der Waals surface area contributed by atoms with E-state index >= 15 is 0 Å². The van der Waals surface area contributed by atoms with Crippen LogP contribution in [0.25, 0.3) is 0 Å². The zero-order chi connectivity index (χ0) is 19.8. The Hall–Kier alpha value is -2.25. The number of nitrogens with zero attached hydrogens (tertiary/aromatic N) is 1. The third-order valence-corrected chi connectivity index (χ3v) is 7.00. The number of hydrogen-bond donors (Lipinski definition) is 1. The van der Waals surface area contributed by atoms with Crippen LogP contribution in [0, 0.1) is 26.6 Å². The standard InChI is InChI=1S/C20H23FN2O3S/c1-13-11-14(2)19(15(3)12-13)27(25,26)23-10-4-5-18(23)20(24)22-17-8-6-16(21)7-9-17/h6-9,11-12,18H,4-5,10H2,1-3H3,(H,22,24)/t18-/m1/s1. The number of aryl methyl sites for hydroxylation is 3. The Kier molecular flexibility index (Phi) is 5.35. The molecule has 1 amide bonds. The first-order chi connectivity index (χ1) is 12.7. The van der Waals surface area contributed by atoms with Crippen LogP contribution in [-0.4, -0.2) is 31.2 Å². The zero-order valence-electron chi connectivity index (χ0n) is 15.6. The monoisotopic (exact) mass is 390 g/mol. The highest BCUT2D eigenvalue weighted by molar-refractivity contribution is 7.89. The smallest absolute Gasteiger partial charge is 0.244 e. The number of amides is 1. The molecule has 1 N–H and O–H groups in total. The number of sulfonamides is 1. The second-order valence-corrected chi connectivity index (χ2v) is 8.83. The number of hydrogen-bond acceptors (Lipinski definition) is 3. The number of rotatable bonds is 4. The van der Waals surface area contributed by atoms with Crippen molar-refractivity contribution >= 4 is 21.6 Å². The maximum atomic E-state index is 13.3. The summed E-state index contributed by atoms with van der Waals surface area (Å²) >= 11 is 0. The van der Waals surface area contributed by atoms with Gasteiger partial charge in [-0.25, -0.2) is 12.8 Å². The molecule has 3 rings (SSSR count). The zero-order valence-corrected chi connectivity index (χ0v) is 16.4. The SMILES string of the molecule is Cc1cc(C)c(S(=O)(=O)N2CCC[C@@H]2C(=O)Nc2ccc(F)cc2)c(C)c1. The minimum Gasteiger partial charge on any atom is -0.325 e. The van der Waals surface area contributed by atoms with Gasteiger partial charge in [-0.15, -0.1) is 0 Å². The van der Waals surface area contributed by atoms with E-state index in [4.69, 9.17) is 0 Å². The van der Waals surface area contributed by atoms with Gasteiger partial charge >= 0.3 is 0 Å². The second kappa shape index (κ2) is 7.40. The molecule has 0 aromatic heterocycles. The molecule has 1 aliphatic heterocycles. The highest BCUT2D eigenvalue weighted by atomic mass is 32.2. The third kappa shape index (κ3) is 3.89. The minimum absolute atomic E-state index is 0.273. The molecule has 1 atom stereocenters. The highest BCUT2D eigenvalue weighted by Gasteiger charge is 2.40. The number of benzene rings is 2. The van der Waals surface area contributed by atoms with Crippen molar-refractivity contribution in [1.29, 1.82) is 0 Å². The molecule has 2 aromatic rings. The van der Waals surface area contributed by atoms with Crippen LogP contribution in [0.3, 0.4) is 0 Å². The molecule has 1 saturated heterocycles. The van der Waals surface area contributed by atoms with Gasteiger partial charge in [-0.3, -0.25) is 4.79 Å². The molecule has 1 fully saturated rings. The lowest BCUT2D eigenvalue weighted by Gasteiger charge is -2.25. The van der Waals surface area contributed by atoms with E-state index in [-0.39, 0.29) is 4.90 Å². The van der Waals surface area contributed by atoms with Crippen molar-refractivity contribution in [2.24, 2.45) is 0 Å². The lowest BCUT2D eigenvalue weighted by Crippen LogP contribution is -2.43. The van der Waals surface area contributed by atoms with Gasteiger partial charge in [0.25, 0.3) is 0 Å². The molecule has 2 aromatic carbocycles. The molecule has 0 radical (unpaired) electrons. The van der Waals surface area contributed by atoms with Gasteiger partial charge in [0.1, 0.15) is 11.9 Å². The van der Waals surface area contributed by atoms with Gasteiger partial charge in [-0.05, 0) is 69.0 Å². The Morgan fingerprint density at radius 3 is 2.30 bits per heavy atom. The van der Waals surface area contributed by atoms with Crippen molar-refractivity contribution < 1.29 is 17.6 Å². The Morgan fingerprint density at radius 1 is 1.11 bits per heavy atom. The number of halogens is 1. The van der Waals surface area contributed by atoms with Crippen LogP contribution >= 0.6 is 0 Å². The van der Waals surface area contributed by atoms with Gasteiger partial charge in [-0.2, -0.15) is 4.31 Å². The van der Waals surface area contributed by atoms with Crippen molar-refractivity contribution in [2.75, 3.05) is 11.9 Å². The molecule has 1 heterocycles. The summed E-state index contributed by atoms with van der Waals surface area (Å²) in [4.78, 5) is 13.0. The van der Waals surface area contributed by atoms with E-state index in [0.717, 1.165) is 5.56 Å². The van der Waals surface area contributed by atoms with Gasteiger partial charge in [-0.1, -0.05) is 17.7 Å². The van der Waals surface area contributed by atoms with E-state index in [1.807, 2.05) is 19.1 Å². The molecule has 0 saturated carbocycles. The van der Waals surface area contributed by atoms with Gasteiger partial charge in [0, 0.05) is 12.2 Å². The van der Waals surface area contributed by atoms with Gasteiger partial charge in [0.2, 0.25) is 15.9 Å². The van der Waals surface area contributed by atoms with Crippen molar-refractivity contribution in [3.63, 3.8) is 0 Å². The summed E-state index contributed by atoms with van der Waals surface area (Å²) < 4.78 is 40.9. The minimum atomic E-state index is -3.80. The molecule has 144 valence electrons. The third-order valence-electron chi connectivity index (χ3n) is 4.79. The van der Waals surface area contributed by atoms with E-state index in [0.29, 0.717) is 36.2 Å². The van der Waals surface area contributed by atoms with Crippen LogP contribution in [-0.2, 0) is 14.8 Å².